The summed E-state index contributed by atoms with van der Waals surface area (Å²) in [6.07, 6.45) is -3.53. The number of carbonyl (C=O) groups excluding carboxylic acids is 1. The highest BCUT2D eigenvalue weighted by atomic mass is 35.5. The molecule has 2 aromatic rings. The van der Waals surface area contributed by atoms with Crippen LogP contribution < -0.4 is 10.2 Å². The second kappa shape index (κ2) is 8.03. The number of thiol groups is 1. The fourth-order valence-corrected chi connectivity index (χ4v) is 6.22. The number of nitrogens with one attached hydrogen (secondary N) is 1. The summed E-state index contributed by atoms with van der Waals surface area (Å²) in [7, 11) is -2.48. The molecule has 3 atom stereocenters. The van der Waals surface area contributed by atoms with Crippen molar-refractivity contribution < 1.29 is 22.2 Å². The number of aromatic nitrogens is 2. The Morgan fingerprint density at radius 1 is 1.39 bits per heavy atom. The maximum atomic E-state index is 13.4. The zero-order valence-corrected chi connectivity index (χ0v) is 18.2. The number of alkyl halides is 3. The van der Waals surface area contributed by atoms with E-state index in [0.29, 0.717) is 18.0 Å². The van der Waals surface area contributed by atoms with Gasteiger partial charge in [0.1, 0.15) is 33.2 Å². The average molecular weight is 491 g/mol. The minimum atomic E-state index is -4.64. The molecule has 1 aromatic heterocycles. The van der Waals surface area contributed by atoms with E-state index in [-0.39, 0.29) is 23.1 Å². The number of rotatable bonds is 5. The Hall–Kier alpha value is -2.23. The second-order valence-electron chi connectivity index (χ2n) is 7.43. The van der Waals surface area contributed by atoms with Gasteiger partial charge in [0.05, 0.1) is 12.6 Å². The topological polar surface area (TPSA) is 99.0 Å². The largest absolute Gasteiger partial charge is 0.421 e. The van der Waals surface area contributed by atoms with Crippen molar-refractivity contribution >= 4 is 45.0 Å². The first-order valence-electron chi connectivity index (χ1n) is 9.25. The van der Waals surface area contributed by atoms with Gasteiger partial charge in [-0.05, 0) is 36.6 Å². The molecule has 2 aliphatic rings. The molecule has 1 N–H and O–H groups in total. The van der Waals surface area contributed by atoms with Gasteiger partial charge in [-0.1, -0.05) is 12.1 Å². The zero-order valence-electron chi connectivity index (χ0n) is 15.8. The maximum Gasteiger partial charge on any atom is 0.421 e. The highest BCUT2D eigenvalue weighted by molar-refractivity contribution is 7.85. The molecule has 1 amide bonds. The van der Waals surface area contributed by atoms with Crippen LogP contribution in [-0.4, -0.2) is 38.6 Å². The number of nitrogens with zero attached hydrogens (tertiary/aromatic N) is 4. The van der Waals surface area contributed by atoms with Gasteiger partial charge in [0, 0.05) is 18.0 Å². The minimum absolute atomic E-state index is 0.0231. The van der Waals surface area contributed by atoms with E-state index in [1.165, 1.54) is 18.2 Å². The van der Waals surface area contributed by atoms with Crippen molar-refractivity contribution in [2.45, 2.75) is 47.2 Å². The summed E-state index contributed by atoms with van der Waals surface area (Å²) in [6.45, 7) is 0.0462. The number of benzene rings is 1. The molecule has 1 aliphatic carbocycles. The summed E-state index contributed by atoms with van der Waals surface area (Å²) < 4.78 is 57.3. The van der Waals surface area contributed by atoms with Crippen LogP contribution in [0.25, 0.3) is 0 Å². The predicted molar refractivity (Wildman–Crippen MR) is 109 cm³/mol. The van der Waals surface area contributed by atoms with Crippen LogP contribution in [0.5, 0.6) is 0 Å². The molecular formula is C18H16ClF3N5O2S2+. The molecule has 0 bridgehead atoms. The lowest BCUT2D eigenvalue weighted by molar-refractivity contribution is -0.139. The Morgan fingerprint density at radius 2 is 2.10 bits per heavy atom. The van der Waals surface area contributed by atoms with Gasteiger partial charge in [-0.3, -0.25) is 4.79 Å². The number of nitriles is 1. The van der Waals surface area contributed by atoms with Crippen LogP contribution in [0.15, 0.2) is 29.2 Å². The number of halogens is 4. The lowest BCUT2D eigenvalue weighted by Crippen LogP contribution is -2.47. The Labute approximate surface area is 186 Å². The van der Waals surface area contributed by atoms with Crippen LogP contribution in [-0.2, 0) is 26.0 Å². The van der Waals surface area contributed by atoms with Crippen molar-refractivity contribution in [2.75, 3.05) is 11.4 Å². The highest BCUT2D eigenvalue weighted by Crippen LogP contribution is 2.39. The fraction of sp³-hybridized carbons (Fsp3) is 0.444. The molecule has 13 heteroatoms. The van der Waals surface area contributed by atoms with Crippen molar-refractivity contribution in [1.82, 2.24) is 14.7 Å². The van der Waals surface area contributed by atoms with Crippen molar-refractivity contribution in [3.63, 3.8) is 0 Å². The van der Waals surface area contributed by atoms with Crippen LogP contribution in [0, 0.1) is 11.3 Å². The molecule has 2 heterocycles. The van der Waals surface area contributed by atoms with E-state index in [0.717, 1.165) is 17.6 Å². The fourth-order valence-electron chi connectivity index (χ4n) is 3.57. The first-order chi connectivity index (χ1) is 14.6. The molecule has 1 aliphatic heterocycles. The molecule has 0 spiro atoms. The standard InChI is InChI=1S/C18H15ClF3N5O2S2/c19-15-24-16(30-26-15)27-8-10(7-12(27)14(28)25-17(9-23)5-6-17)31(29)13-4-2-1-3-11(13)18(20,21)22/h1-4,10,12H,5-8H2,(H,25,28)/p+1. The lowest BCUT2D eigenvalue weighted by Gasteiger charge is -2.23. The van der Waals surface area contributed by atoms with Crippen LogP contribution in [0.4, 0.5) is 18.3 Å². The SMILES string of the molecule is N#CC1(NC(=O)C2CC([SH+](=O)c3ccccc3C(F)(F)F)CN2c2nc(Cl)ns2)CC1. The molecule has 31 heavy (non-hydrogen) atoms. The summed E-state index contributed by atoms with van der Waals surface area (Å²) in [5.74, 6) is -0.458. The van der Waals surface area contributed by atoms with Gasteiger partial charge in [0.15, 0.2) is 4.90 Å². The lowest BCUT2D eigenvalue weighted by atomic mass is 10.2. The molecular weight excluding hydrogens is 475 g/mol. The first-order valence-corrected chi connectivity index (χ1v) is 11.7. The summed E-state index contributed by atoms with van der Waals surface area (Å²) in [4.78, 5) is 18.3. The van der Waals surface area contributed by atoms with Gasteiger partial charge in [-0.25, -0.2) is 0 Å². The minimum Gasteiger partial charge on any atom is -0.336 e. The molecule has 1 saturated heterocycles. The predicted octanol–water partition coefficient (Wildman–Crippen LogP) is 3.09. The van der Waals surface area contributed by atoms with E-state index in [1.54, 1.807) is 4.90 Å². The van der Waals surface area contributed by atoms with Crippen molar-refractivity contribution in [2.24, 2.45) is 0 Å². The molecule has 0 radical (unpaired) electrons. The Morgan fingerprint density at radius 3 is 2.68 bits per heavy atom. The summed E-state index contributed by atoms with van der Waals surface area (Å²) in [5.41, 5.74) is -1.86. The number of hydrogen-bond donors (Lipinski definition) is 1. The van der Waals surface area contributed by atoms with Crippen LogP contribution in [0.3, 0.4) is 0 Å². The molecule has 1 saturated carbocycles. The highest BCUT2D eigenvalue weighted by Gasteiger charge is 2.50. The van der Waals surface area contributed by atoms with Gasteiger partial charge >= 0.3 is 6.18 Å². The van der Waals surface area contributed by atoms with Crippen LogP contribution in [0.2, 0.25) is 5.28 Å². The van der Waals surface area contributed by atoms with Gasteiger partial charge in [0.25, 0.3) is 0 Å². The third-order valence-corrected chi connectivity index (χ3v) is 8.25. The average Bonchev–Trinajstić information content (AvgIpc) is 3.15. The monoisotopic (exact) mass is 490 g/mol. The number of amides is 1. The quantitative estimate of drug-likeness (QED) is 0.511. The van der Waals surface area contributed by atoms with Gasteiger partial charge in [-0.2, -0.15) is 27.8 Å². The third kappa shape index (κ3) is 4.40. The Kier molecular flexibility index (Phi) is 5.70. The van der Waals surface area contributed by atoms with Crippen LogP contribution >= 0.6 is 23.1 Å². The summed E-state index contributed by atoms with van der Waals surface area (Å²) >= 11 is 6.74. The summed E-state index contributed by atoms with van der Waals surface area (Å²) in [6, 6.07) is 5.97. The van der Waals surface area contributed by atoms with Crippen LogP contribution in [0.1, 0.15) is 24.8 Å². The smallest absolute Gasteiger partial charge is 0.336 e. The molecule has 164 valence electrons. The van der Waals surface area contributed by atoms with E-state index in [9.17, 15) is 27.4 Å². The number of hydrogen-bond acceptors (Lipinski definition) is 7. The third-order valence-electron chi connectivity index (χ3n) is 5.32. The Balaban J connectivity index is 1.63. The van der Waals surface area contributed by atoms with E-state index in [2.05, 4.69) is 20.7 Å². The summed E-state index contributed by atoms with van der Waals surface area (Å²) in [5, 5.41) is 11.5. The number of carbonyl (C=O) groups is 1. The molecule has 2 fully saturated rings. The first kappa shape index (κ1) is 22.0. The van der Waals surface area contributed by atoms with E-state index in [1.807, 2.05) is 0 Å². The van der Waals surface area contributed by atoms with Crippen molar-refractivity contribution in [3.05, 3.63) is 35.1 Å². The van der Waals surface area contributed by atoms with E-state index >= 15 is 0 Å². The van der Waals surface area contributed by atoms with E-state index < -0.39 is 45.3 Å². The van der Waals surface area contributed by atoms with Gasteiger partial charge in [-0.15, -0.1) is 4.21 Å². The maximum absolute atomic E-state index is 13.4. The molecule has 7 nitrogen and oxygen atoms in total. The Bertz CT molecular complexity index is 1080. The van der Waals surface area contributed by atoms with Crippen molar-refractivity contribution in [3.8, 4) is 6.07 Å². The number of anilines is 1. The second-order valence-corrected chi connectivity index (χ2v) is 10.4. The molecule has 4 rings (SSSR count). The molecule has 1 aromatic carbocycles. The van der Waals surface area contributed by atoms with Gasteiger partial charge < -0.3 is 10.2 Å². The normalized spacial score (nSPS) is 23.3. The zero-order chi connectivity index (χ0) is 22.4. The van der Waals surface area contributed by atoms with E-state index in [4.69, 9.17) is 11.6 Å². The van der Waals surface area contributed by atoms with Crippen molar-refractivity contribution in [1.29, 1.82) is 5.26 Å². The van der Waals surface area contributed by atoms with Gasteiger partial charge in [0.2, 0.25) is 16.3 Å². The molecule has 3 unspecified atom stereocenters.